The third kappa shape index (κ3) is 11.5. The van der Waals surface area contributed by atoms with Gasteiger partial charge in [-0.3, -0.25) is 9.79 Å². The van der Waals surface area contributed by atoms with Gasteiger partial charge in [0.25, 0.3) is 0 Å². The minimum atomic E-state index is 0. The highest BCUT2D eigenvalue weighted by molar-refractivity contribution is 14.0. The summed E-state index contributed by atoms with van der Waals surface area (Å²) in [6, 6.07) is 7.88. The number of ether oxygens (including phenoxy) is 1. The fourth-order valence-electron chi connectivity index (χ4n) is 2.35. The summed E-state index contributed by atoms with van der Waals surface area (Å²) in [5.74, 6) is 0.833. The molecule has 1 amide bonds. The van der Waals surface area contributed by atoms with Crippen molar-refractivity contribution < 1.29 is 9.53 Å². The van der Waals surface area contributed by atoms with Crippen LogP contribution in [0.3, 0.4) is 0 Å². The molecule has 0 saturated carbocycles. The SMILES string of the molecule is CCCCOCCCNC(=NC)NCc1cccc(NC(=O)C(C)CC)c1.I. The summed E-state index contributed by atoms with van der Waals surface area (Å²) >= 11 is 0. The monoisotopic (exact) mass is 504 g/mol. The Balaban J connectivity index is 0.00000729. The molecule has 0 heterocycles. The number of anilines is 1. The van der Waals surface area contributed by atoms with Gasteiger partial charge in [0.15, 0.2) is 5.96 Å². The van der Waals surface area contributed by atoms with Crippen molar-refractivity contribution in [3.63, 3.8) is 0 Å². The third-order valence-electron chi connectivity index (χ3n) is 4.34. The van der Waals surface area contributed by atoms with E-state index in [1.165, 1.54) is 0 Å². The van der Waals surface area contributed by atoms with Gasteiger partial charge < -0.3 is 20.7 Å². The van der Waals surface area contributed by atoms with Crippen molar-refractivity contribution in [2.45, 2.75) is 53.0 Å². The van der Waals surface area contributed by atoms with Gasteiger partial charge >= 0.3 is 0 Å². The molecule has 0 saturated heterocycles. The Morgan fingerprint density at radius 2 is 1.93 bits per heavy atom. The summed E-state index contributed by atoms with van der Waals surface area (Å²) < 4.78 is 5.55. The van der Waals surface area contributed by atoms with E-state index in [1.54, 1.807) is 7.05 Å². The lowest BCUT2D eigenvalue weighted by atomic mass is 10.1. The number of rotatable bonds is 12. The second-order valence-electron chi connectivity index (χ2n) is 6.67. The molecule has 0 radical (unpaired) electrons. The van der Waals surface area contributed by atoms with Gasteiger partial charge in [-0.15, -0.1) is 24.0 Å². The van der Waals surface area contributed by atoms with Crippen molar-refractivity contribution >= 4 is 41.5 Å². The second-order valence-corrected chi connectivity index (χ2v) is 6.67. The number of unbranched alkanes of at least 4 members (excludes halogenated alkanes) is 1. The maximum Gasteiger partial charge on any atom is 0.227 e. The molecule has 0 aliphatic rings. The molecule has 0 bridgehead atoms. The number of hydrogen-bond donors (Lipinski definition) is 3. The summed E-state index contributed by atoms with van der Waals surface area (Å²) in [5.41, 5.74) is 1.91. The Labute approximate surface area is 187 Å². The zero-order valence-electron chi connectivity index (χ0n) is 17.7. The number of guanidine groups is 1. The Bertz CT molecular complexity index is 581. The van der Waals surface area contributed by atoms with Gasteiger partial charge in [0.2, 0.25) is 5.91 Å². The van der Waals surface area contributed by atoms with E-state index in [0.717, 1.165) is 62.7 Å². The molecular weight excluding hydrogens is 467 g/mol. The van der Waals surface area contributed by atoms with E-state index < -0.39 is 0 Å². The highest BCUT2D eigenvalue weighted by Gasteiger charge is 2.10. The maximum atomic E-state index is 12.0. The molecule has 0 spiro atoms. The van der Waals surface area contributed by atoms with Crippen LogP contribution in [0.25, 0.3) is 0 Å². The third-order valence-corrected chi connectivity index (χ3v) is 4.34. The molecule has 6 nitrogen and oxygen atoms in total. The minimum Gasteiger partial charge on any atom is -0.381 e. The Kier molecular flexibility index (Phi) is 15.8. The van der Waals surface area contributed by atoms with Crippen LogP contribution in [-0.2, 0) is 16.1 Å². The molecular formula is C21H37IN4O2. The van der Waals surface area contributed by atoms with Gasteiger partial charge in [0.05, 0.1) is 0 Å². The first-order chi connectivity index (χ1) is 13.1. The van der Waals surface area contributed by atoms with Gasteiger partial charge in [-0.05, 0) is 37.0 Å². The summed E-state index contributed by atoms with van der Waals surface area (Å²) in [5, 5.41) is 9.56. The van der Waals surface area contributed by atoms with Crippen molar-refractivity contribution in [1.82, 2.24) is 10.6 Å². The van der Waals surface area contributed by atoms with Crippen molar-refractivity contribution in [1.29, 1.82) is 0 Å². The fraction of sp³-hybridized carbons (Fsp3) is 0.619. The van der Waals surface area contributed by atoms with Crippen LogP contribution in [0.1, 0.15) is 52.0 Å². The molecule has 0 aliphatic carbocycles. The molecule has 160 valence electrons. The number of benzene rings is 1. The average Bonchev–Trinajstić information content (AvgIpc) is 2.69. The van der Waals surface area contributed by atoms with Gasteiger partial charge in [0.1, 0.15) is 0 Å². The number of carbonyl (C=O) groups excluding carboxylic acids is 1. The summed E-state index contributed by atoms with van der Waals surface area (Å²) in [4.78, 5) is 16.3. The quantitative estimate of drug-likeness (QED) is 0.173. The lowest BCUT2D eigenvalue weighted by molar-refractivity contribution is -0.119. The Morgan fingerprint density at radius 1 is 1.18 bits per heavy atom. The average molecular weight is 504 g/mol. The van der Waals surface area contributed by atoms with Crippen LogP contribution < -0.4 is 16.0 Å². The van der Waals surface area contributed by atoms with Crippen LogP contribution in [0, 0.1) is 5.92 Å². The van der Waals surface area contributed by atoms with E-state index in [-0.39, 0.29) is 35.8 Å². The van der Waals surface area contributed by atoms with E-state index in [0.29, 0.717) is 6.54 Å². The number of halogens is 1. The molecule has 0 aliphatic heterocycles. The molecule has 1 unspecified atom stereocenters. The molecule has 28 heavy (non-hydrogen) atoms. The maximum absolute atomic E-state index is 12.0. The molecule has 0 fully saturated rings. The standard InChI is InChI=1S/C21H36N4O2.HI/c1-5-7-13-27-14-9-12-23-21(22-4)24-16-18-10-8-11-19(15-18)25-20(26)17(3)6-2;/h8,10-11,15,17H,5-7,9,12-14,16H2,1-4H3,(H,25,26)(H2,22,23,24);1H. The van der Waals surface area contributed by atoms with Gasteiger partial charge in [-0.25, -0.2) is 0 Å². The number of hydrogen-bond acceptors (Lipinski definition) is 3. The summed E-state index contributed by atoms with van der Waals surface area (Å²) in [6.07, 6.45) is 4.06. The van der Waals surface area contributed by atoms with Crippen LogP contribution >= 0.6 is 24.0 Å². The topological polar surface area (TPSA) is 74.8 Å². The van der Waals surface area contributed by atoms with E-state index in [2.05, 4.69) is 27.9 Å². The summed E-state index contributed by atoms with van der Waals surface area (Å²) in [6.45, 7) is 9.17. The normalized spacial score (nSPS) is 12.1. The number of nitrogens with one attached hydrogen (secondary N) is 3. The predicted octanol–water partition coefficient (Wildman–Crippen LogP) is 4.16. The molecule has 1 rings (SSSR count). The zero-order valence-corrected chi connectivity index (χ0v) is 20.0. The highest BCUT2D eigenvalue weighted by Crippen LogP contribution is 2.13. The minimum absolute atomic E-state index is 0. The van der Waals surface area contributed by atoms with Crippen LogP contribution in [0.4, 0.5) is 5.69 Å². The lowest BCUT2D eigenvalue weighted by Crippen LogP contribution is -2.37. The molecule has 1 aromatic carbocycles. The van der Waals surface area contributed by atoms with Crippen molar-refractivity contribution in [3.05, 3.63) is 29.8 Å². The first-order valence-electron chi connectivity index (χ1n) is 10.0. The second kappa shape index (κ2) is 16.6. The number of amides is 1. The van der Waals surface area contributed by atoms with Crippen molar-refractivity contribution in [2.24, 2.45) is 10.9 Å². The zero-order chi connectivity index (χ0) is 19.9. The Hall–Kier alpha value is -1.35. The molecule has 7 heteroatoms. The van der Waals surface area contributed by atoms with E-state index in [9.17, 15) is 4.79 Å². The van der Waals surface area contributed by atoms with Crippen LogP contribution in [0.15, 0.2) is 29.3 Å². The van der Waals surface area contributed by atoms with Crippen molar-refractivity contribution in [3.8, 4) is 0 Å². The fourth-order valence-corrected chi connectivity index (χ4v) is 2.35. The Morgan fingerprint density at radius 3 is 2.61 bits per heavy atom. The summed E-state index contributed by atoms with van der Waals surface area (Å²) in [7, 11) is 1.76. The van der Waals surface area contributed by atoms with E-state index in [4.69, 9.17) is 4.74 Å². The van der Waals surface area contributed by atoms with E-state index in [1.807, 2.05) is 38.1 Å². The van der Waals surface area contributed by atoms with Crippen LogP contribution in [0.5, 0.6) is 0 Å². The molecule has 3 N–H and O–H groups in total. The largest absolute Gasteiger partial charge is 0.381 e. The molecule has 1 atom stereocenters. The first-order valence-corrected chi connectivity index (χ1v) is 10.0. The number of carbonyl (C=O) groups is 1. The van der Waals surface area contributed by atoms with Crippen LogP contribution in [0.2, 0.25) is 0 Å². The van der Waals surface area contributed by atoms with Crippen molar-refractivity contribution in [2.75, 3.05) is 32.1 Å². The van der Waals surface area contributed by atoms with Gasteiger partial charge in [-0.1, -0.05) is 39.3 Å². The highest BCUT2D eigenvalue weighted by atomic mass is 127. The van der Waals surface area contributed by atoms with Gasteiger partial charge in [-0.2, -0.15) is 0 Å². The molecule has 0 aromatic heterocycles. The van der Waals surface area contributed by atoms with E-state index >= 15 is 0 Å². The first kappa shape index (κ1) is 26.6. The number of aliphatic imine (C=N–C) groups is 1. The molecule has 1 aromatic rings. The van der Waals surface area contributed by atoms with Crippen LogP contribution in [-0.4, -0.2) is 38.7 Å². The predicted molar refractivity (Wildman–Crippen MR) is 128 cm³/mol. The smallest absolute Gasteiger partial charge is 0.227 e. The lowest BCUT2D eigenvalue weighted by Gasteiger charge is -2.14. The van der Waals surface area contributed by atoms with Gasteiger partial charge in [0, 0.05) is 45.0 Å². The number of nitrogens with zero attached hydrogens (tertiary/aromatic N) is 1.